The maximum atomic E-state index is 12.1. The predicted molar refractivity (Wildman–Crippen MR) is 67.4 cm³/mol. The molecule has 0 aromatic carbocycles. The Hall–Kier alpha value is -2.24. The first-order chi connectivity index (χ1) is 8.61. The second-order valence-corrected chi connectivity index (χ2v) is 4.06. The van der Waals surface area contributed by atoms with Gasteiger partial charge in [0.25, 0.3) is 5.91 Å². The molecule has 6 nitrogen and oxygen atoms in total. The van der Waals surface area contributed by atoms with Gasteiger partial charge in [-0.3, -0.25) is 9.89 Å². The molecule has 0 atom stereocenters. The molecule has 0 aliphatic heterocycles. The number of H-pyrrole nitrogens is 1. The standard InChI is InChI=1S/C12H15N5O/c1-4-9-6-13-17-11(9)14-12(18)10-5-7(2)15-16-8(10)3/h5-6H,4H2,1-3H3,(H2,13,14,17,18). The number of anilines is 1. The number of carbonyl (C=O) groups excluding carboxylic acids is 1. The van der Waals surface area contributed by atoms with Gasteiger partial charge in [-0.1, -0.05) is 6.92 Å². The van der Waals surface area contributed by atoms with Crippen molar-refractivity contribution in [2.45, 2.75) is 27.2 Å². The number of nitrogens with one attached hydrogen (secondary N) is 2. The van der Waals surface area contributed by atoms with Gasteiger partial charge in [-0.05, 0) is 26.3 Å². The van der Waals surface area contributed by atoms with Crippen LogP contribution in [0.3, 0.4) is 0 Å². The lowest BCUT2D eigenvalue weighted by molar-refractivity contribution is 0.102. The lowest BCUT2D eigenvalue weighted by Gasteiger charge is -2.06. The lowest BCUT2D eigenvalue weighted by Crippen LogP contribution is -2.16. The van der Waals surface area contributed by atoms with E-state index in [0.29, 0.717) is 22.8 Å². The topological polar surface area (TPSA) is 83.6 Å². The van der Waals surface area contributed by atoms with Crippen LogP contribution in [0.1, 0.15) is 34.2 Å². The molecule has 94 valence electrons. The van der Waals surface area contributed by atoms with Crippen LogP contribution in [0, 0.1) is 13.8 Å². The minimum absolute atomic E-state index is 0.204. The third kappa shape index (κ3) is 2.37. The van der Waals surface area contributed by atoms with Crippen molar-refractivity contribution in [3.05, 3.63) is 34.8 Å². The summed E-state index contributed by atoms with van der Waals surface area (Å²) in [4.78, 5) is 12.1. The van der Waals surface area contributed by atoms with Crippen molar-refractivity contribution in [3.63, 3.8) is 0 Å². The number of rotatable bonds is 3. The summed E-state index contributed by atoms with van der Waals surface area (Å²) in [6, 6.07) is 1.72. The van der Waals surface area contributed by atoms with Crippen LogP contribution >= 0.6 is 0 Å². The first-order valence-electron chi connectivity index (χ1n) is 5.76. The van der Waals surface area contributed by atoms with Crippen LogP contribution in [0.15, 0.2) is 12.3 Å². The number of hydrogen-bond acceptors (Lipinski definition) is 4. The van der Waals surface area contributed by atoms with Gasteiger partial charge < -0.3 is 5.32 Å². The summed E-state index contributed by atoms with van der Waals surface area (Å²) in [6.07, 6.45) is 2.51. The predicted octanol–water partition coefficient (Wildman–Crippen LogP) is 1.63. The molecule has 6 heteroatoms. The largest absolute Gasteiger partial charge is 0.307 e. The fourth-order valence-electron chi connectivity index (χ4n) is 1.65. The Labute approximate surface area is 105 Å². The number of amides is 1. The zero-order valence-corrected chi connectivity index (χ0v) is 10.6. The quantitative estimate of drug-likeness (QED) is 0.860. The van der Waals surface area contributed by atoms with E-state index in [2.05, 4.69) is 25.7 Å². The zero-order chi connectivity index (χ0) is 13.1. The summed E-state index contributed by atoms with van der Waals surface area (Å²) in [7, 11) is 0. The normalized spacial score (nSPS) is 10.4. The Morgan fingerprint density at radius 2 is 2.17 bits per heavy atom. The molecule has 2 rings (SSSR count). The smallest absolute Gasteiger partial charge is 0.258 e. The number of nitrogens with zero attached hydrogens (tertiary/aromatic N) is 3. The van der Waals surface area contributed by atoms with Crippen molar-refractivity contribution in [2.75, 3.05) is 5.32 Å². The van der Waals surface area contributed by atoms with Crippen molar-refractivity contribution in [3.8, 4) is 0 Å². The van der Waals surface area contributed by atoms with Gasteiger partial charge >= 0.3 is 0 Å². The summed E-state index contributed by atoms with van der Waals surface area (Å²) < 4.78 is 0. The number of aromatic nitrogens is 4. The summed E-state index contributed by atoms with van der Waals surface area (Å²) in [5, 5.41) is 17.3. The molecule has 2 N–H and O–H groups in total. The van der Waals surface area contributed by atoms with E-state index in [1.165, 1.54) is 0 Å². The Bertz CT molecular complexity index is 576. The van der Waals surface area contributed by atoms with Crippen LogP contribution in [0.2, 0.25) is 0 Å². The minimum Gasteiger partial charge on any atom is -0.307 e. The average Bonchev–Trinajstić information content (AvgIpc) is 2.79. The Morgan fingerprint density at radius 3 is 2.89 bits per heavy atom. The molecule has 0 radical (unpaired) electrons. The zero-order valence-electron chi connectivity index (χ0n) is 10.6. The molecule has 2 aromatic rings. The van der Waals surface area contributed by atoms with Crippen molar-refractivity contribution in [1.29, 1.82) is 0 Å². The highest BCUT2D eigenvalue weighted by molar-refractivity contribution is 6.04. The monoisotopic (exact) mass is 245 g/mol. The van der Waals surface area contributed by atoms with Crippen LogP contribution in [0.5, 0.6) is 0 Å². The average molecular weight is 245 g/mol. The van der Waals surface area contributed by atoms with Crippen LogP contribution in [-0.2, 0) is 6.42 Å². The molecule has 0 aliphatic rings. The lowest BCUT2D eigenvalue weighted by atomic mass is 10.2. The highest BCUT2D eigenvalue weighted by Crippen LogP contribution is 2.14. The van der Waals surface area contributed by atoms with E-state index < -0.39 is 0 Å². The molecule has 0 bridgehead atoms. The SMILES string of the molecule is CCc1cn[nH]c1NC(=O)c1cc(C)nnc1C. The van der Waals surface area contributed by atoms with E-state index in [9.17, 15) is 4.79 Å². The summed E-state index contributed by atoms with van der Waals surface area (Å²) >= 11 is 0. The maximum Gasteiger partial charge on any atom is 0.258 e. The van der Waals surface area contributed by atoms with Gasteiger partial charge in [0.05, 0.1) is 23.1 Å². The third-order valence-corrected chi connectivity index (χ3v) is 2.68. The number of hydrogen-bond donors (Lipinski definition) is 2. The fourth-order valence-corrected chi connectivity index (χ4v) is 1.65. The van der Waals surface area contributed by atoms with E-state index in [0.717, 1.165) is 12.0 Å². The summed E-state index contributed by atoms with van der Waals surface area (Å²) in [5.74, 6) is 0.431. The molecule has 0 saturated heterocycles. The molecule has 0 saturated carbocycles. The molecular formula is C12H15N5O. The second-order valence-electron chi connectivity index (χ2n) is 4.06. The van der Waals surface area contributed by atoms with E-state index in [4.69, 9.17) is 0 Å². The third-order valence-electron chi connectivity index (χ3n) is 2.68. The molecule has 0 aliphatic carbocycles. The Balaban J connectivity index is 2.25. The molecule has 0 fully saturated rings. The van der Waals surface area contributed by atoms with Crippen LogP contribution in [0.25, 0.3) is 0 Å². The van der Waals surface area contributed by atoms with Gasteiger partial charge in [0.15, 0.2) is 0 Å². The first-order valence-corrected chi connectivity index (χ1v) is 5.76. The van der Waals surface area contributed by atoms with Crippen molar-refractivity contribution in [2.24, 2.45) is 0 Å². The molecule has 1 amide bonds. The number of aromatic amines is 1. The number of carbonyl (C=O) groups is 1. The van der Waals surface area contributed by atoms with Crippen LogP contribution < -0.4 is 5.32 Å². The molecule has 2 heterocycles. The fraction of sp³-hybridized carbons (Fsp3) is 0.333. The molecule has 18 heavy (non-hydrogen) atoms. The maximum absolute atomic E-state index is 12.1. The van der Waals surface area contributed by atoms with Gasteiger partial charge in [0.2, 0.25) is 0 Å². The van der Waals surface area contributed by atoms with Gasteiger partial charge in [0, 0.05) is 5.56 Å². The minimum atomic E-state index is -0.204. The van der Waals surface area contributed by atoms with E-state index in [1.54, 1.807) is 26.1 Å². The van der Waals surface area contributed by atoms with Gasteiger partial charge in [0.1, 0.15) is 5.82 Å². The summed E-state index contributed by atoms with van der Waals surface area (Å²) in [6.45, 7) is 5.57. The second kappa shape index (κ2) is 4.95. The van der Waals surface area contributed by atoms with E-state index in [1.807, 2.05) is 6.92 Å². The van der Waals surface area contributed by atoms with Crippen molar-refractivity contribution in [1.82, 2.24) is 20.4 Å². The van der Waals surface area contributed by atoms with Crippen molar-refractivity contribution >= 4 is 11.7 Å². The number of aryl methyl sites for hydroxylation is 3. The Morgan fingerprint density at radius 1 is 1.39 bits per heavy atom. The molecule has 0 unspecified atom stereocenters. The van der Waals surface area contributed by atoms with Gasteiger partial charge in [-0.25, -0.2) is 0 Å². The van der Waals surface area contributed by atoms with E-state index >= 15 is 0 Å². The van der Waals surface area contributed by atoms with Gasteiger partial charge in [-0.2, -0.15) is 15.3 Å². The van der Waals surface area contributed by atoms with E-state index in [-0.39, 0.29) is 5.91 Å². The molecular weight excluding hydrogens is 230 g/mol. The van der Waals surface area contributed by atoms with Crippen LogP contribution in [0.4, 0.5) is 5.82 Å². The Kier molecular flexibility index (Phi) is 3.36. The van der Waals surface area contributed by atoms with Crippen molar-refractivity contribution < 1.29 is 4.79 Å². The molecule has 2 aromatic heterocycles. The van der Waals surface area contributed by atoms with Gasteiger partial charge in [-0.15, -0.1) is 0 Å². The highest BCUT2D eigenvalue weighted by atomic mass is 16.1. The van der Waals surface area contributed by atoms with Crippen LogP contribution in [-0.4, -0.2) is 26.3 Å². The first kappa shape index (κ1) is 12.2. The highest BCUT2D eigenvalue weighted by Gasteiger charge is 2.13. The summed E-state index contributed by atoms with van der Waals surface area (Å²) in [5.41, 5.74) is 2.82. The molecule has 0 spiro atoms.